The van der Waals surface area contributed by atoms with Crippen molar-refractivity contribution < 1.29 is 4.74 Å². The zero-order valence-electron chi connectivity index (χ0n) is 12.7. The lowest BCUT2D eigenvalue weighted by Gasteiger charge is -2.20. The topological polar surface area (TPSA) is 73.1 Å². The molecule has 0 aliphatic heterocycles. The van der Waals surface area contributed by atoms with E-state index in [1.54, 1.807) is 0 Å². The van der Waals surface area contributed by atoms with Crippen LogP contribution < -0.4 is 15.8 Å². The van der Waals surface area contributed by atoms with Crippen molar-refractivity contribution in [3.8, 4) is 5.88 Å². The van der Waals surface area contributed by atoms with Crippen molar-refractivity contribution in [3.63, 3.8) is 0 Å². The molecule has 0 atom stereocenters. The molecule has 1 aromatic rings. The Morgan fingerprint density at radius 3 is 2.42 bits per heavy atom. The number of nitrogens with zero attached hydrogens (tertiary/aromatic N) is 2. The predicted octanol–water partition coefficient (Wildman–Crippen LogP) is 2.97. The minimum atomic E-state index is -0.138. The first-order valence-corrected chi connectivity index (χ1v) is 6.94. The van der Waals surface area contributed by atoms with E-state index in [9.17, 15) is 0 Å². The van der Waals surface area contributed by atoms with Gasteiger partial charge in [-0.15, -0.1) is 0 Å². The average Bonchev–Trinajstić information content (AvgIpc) is 2.32. The highest BCUT2D eigenvalue weighted by Crippen LogP contribution is 2.30. The molecule has 0 fully saturated rings. The highest BCUT2D eigenvalue weighted by atomic mass is 16.5. The Labute approximate surface area is 116 Å². The molecule has 3 N–H and O–H groups in total. The van der Waals surface area contributed by atoms with Gasteiger partial charge in [-0.25, -0.2) is 4.98 Å². The fraction of sp³-hybridized carbons (Fsp3) is 0.714. The van der Waals surface area contributed by atoms with Crippen molar-refractivity contribution in [1.29, 1.82) is 0 Å². The lowest BCUT2D eigenvalue weighted by Crippen LogP contribution is -2.19. The molecule has 0 aromatic carbocycles. The fourth-order valence-electron chi connectivity index (χ4n) is 1.51. The molecule has 108 valence electrons. The van der Waals surface area contributed by atoms with Crippen LogP contribution in [0.1, 0.15) is 53.3 Å². The van der Waals surface area contributed by atoms with Gasteiger partial charge in [0.25, 0.3) is 0 Å². The standard InChI is InChI=1S/C14H26N4O/c1-6-8-9-19-12-10(15)11(16-7-2)17-13(18-12)14(3,4)5/h6-9,15H2,1-5H3,(H,16,17,18). The average molecular weight is 266 g/mol. The van der Waals surface area contributed by atoms with E-state index < -0.39 is 0 Å². The zero-order valence-corrected chi connectivity index (χ0v) is 12.7. The highest BCUT2D eigenvalue weighted by molar-refractivity contribution is 5.67. The molecule has 0 saturated heterocycles. The third-order valence-corrected chi connectivity index (χ3v) is 2.66. The van der Waals surface area contributed by atoms with Gasteiger partial charge < -0.3 is 15.8 Å². The minimum absolute atomic E-state index is 0.138. The van der Waals surface area contributed by atoms with Crippen molar-refractivity contribution in [3.05, 3.63) is 5.82 Å². The number of hydrogen-bond donors (Lipinski definition) is 2. The van der Waals surface area contributed by atoms with E-state index in [4.69, 9.17) is 10.5 Å². The van der Waals surface area contributed by atoms with Gasteiger partial charge in [-0.3, -0.25) is 0 Å². The summed E-state index contributed by atoms with van der Waals surface area (Å²) in [6.07, 6.45) is 2.07. The van der Waals surface area contributed by atoms with Crippen LogP contribution >= 0.6 is 0 Å². The van der Waals surface area contributed by atoms with Gasteiger partial charge in [0, 0.05) is 12.0 Å². The summed E-state index contributed by atoms with van der Waals surface area (Å²) in [6, 6.07) is 0. The van der Waals surface area contributed by atoms with Crippen LogP contribution in [0.4, 0.5) is 11.5 Å². The number of unbranched alkanes of at least 4 members (excludes halogenated alkanes) is 1. The zero-order chi connectivity index (χ0) is 14.5. The molecule has 0 saturated carbocycles. The second-order valence-corrected chi connectivity index (χ2v) is 5.60. The Morgan fingerprint density at radius 2 is 1.89 bits per heavy atom. The summed E-state index contributed by atoms with van der Waals surface area (Å²) in [5, 5.41) is 3.16. The van der Waals surface area contributed by atoms with Crippen LogP contribution in [0.2, 0.25) is 0 Å². The molecule has 1 aromatic heterocycles. The number of nitrogen functional groups attached to an aromatic ring is 1. The lowest BCUT2D eigenvalue weighted by atomic mass is 9.96. The van der Waals surface area contributed by atoms with Crippen LogP contribution in [-0.4, -0.2) is 23.1 Å². The van der Waals surface area contributed by atoms with Gasteiger partial charge in [0.05, 0.1) is 6.61 Å². The Kier molecular flexibility index (Phi) is 5.39. The molecule has 0 spiro atoms. The van der Waals surface area contributed by atoms with Gasteiger partial charge in [-0.2, -0.15) is 4.98 Å². The third kappa shape index (κ3) is 4.26. The van der Waals surface area contributed by atoms with Crippen molar-refractivity contribution in [1.82, 2.24) is 9.97 Å². The number of aromatic nitrogens is 2. The first-order valence-electron chi connectivity index (χ1n) is 6.94. The molecule has 0 radical (unpaired) electrons. The van der Waals surface area contributed by atoms with E-state index in [0.29, 0.717) is 24.0 Å². The van der Waals surface area contributed by atoms with E-state index >= 15 is 0 Å². The number of ether oxygens (including phenoxy) is 1. The van der Waals surface area contributed by atoms with E-state index in [0.717, 1.165) is 25.2 Å². The van der Waals surface area contributed by atoms with Crippen LogP contribution in [0.5, 0.6) is 5.88 Å². The maximum absolute atomic E-state index is 6.05. The third-order valence-electron chi connectivity index (χ3n) is 2.66. The number of nitrogens with two attached hydrogens (primary N) is 1. The van der Waals surface area contributed by atoms with Gasteiger partial charge in [0.2, 0.25) is 5.88 Å². The molecule has 0 unspecified atom stereocenters. The fourth-order valence-corrected chi connectivity index (χ4v) is 1.51. The number of hydrogen-bond acceptors (Lipinski definition) is 5. The predicted molar refractivity (Wildman–Crippen MR) is 79.7 cm³/mol. The summed E-state index contributed by atoms with van der Waals surface area (Å²) in [7, 11) is 0. The summed E-state index contributed by atoms with van der Waals surface area (Å²) in [5.41, 5.74) is 6.40. The maximum Gasteiger partial charge on any atom is 0.242 e. The molecular weight excluding hydrogens is 240 g/mol. The van der Waals surface area contributed by atoms with Crippen LogP contribution in [0, 0.1) is 0 Å². The summed E-state index contributed by atoms with van der Waals surface area (Å²) in [5.74, 6) is 1.89. The maximum atomic E-state index is 6.05. The minimum Gasteiger partial charge on any atom is -0.476 e. The largest absolute Gasteiger partial charge is 0.476 e. The number of anilines is 2. The second-order valence-electron chi connectivity index (χ2n) is 5.60. The molecule has 0 aliphatic carbocycles. The Balaban J connectivity index is 3.09. The van der Waals surface area contributed by atoms with Crippen LogP contribution in [0.3, 0.4) is 0 Å². The summed E-state index contributed by atoms with van der Waals surface area (Å²) >= 11 is 0. The van der Waals surface area contributed by atoms with Gasteiger partial charge >= 0.3 is 0 Å². The molecule has 1 heterocycles. The molecule has 5 nitrogen and oxygen atoms in total. The van der Waals surface area contributed by atoms with E-state index in [2.05, 4.69) is 43.0 Å². The van der Waals surface area contributed by atoms with Gasteiger partial charge in [-0.1, -0.05) is 34.1 Å². The Bertz CT molecular complexity index is 413. The number of nitrogens with one attached hydrogen (secondary N) is 1. The SMILES string of the molecule is CCCCOc1nc(C(C)(C)C)nc(NCC)c1N. The van der Waals surface area contributed by atoms with Crippen molar-refractivity contribution in [2.24, 2.45) is 0 Å². The van der Waals surface area contributed by atoms with Crippen LogP contribution in [0.25, 0.3) is 0 Å². The van der Waals surface area contributed by atoms with E-state index in [1.807, 2.05) is 6.92 Å². The quantitative estimate of drug-likeness (QED) is 0.774. The summed E-state index contributed by atoms with van der Waals surface area (Å²) < 4.78 is 5.68. The van der Waals surface area contributed by atoms with E-state index in [-0.39, 0.29) is 5.41 Å². The molecular formula is C14H26N4O. The van der Waals surface area contributed by atoms with Crippen LogP contribution in [0.15, 0.2) is 0 Å². The first kappa shape index (κ1) is 15.5. The van der Waals surface area contributed by atoms with Gasteiger partial charge in [0.1, 0.15) is 11.5 Å². The van der Waals surface area contributed by atoms with Crippen LogP contribution in [-0.2, 0) is 5.41 Å². The van der Waals surface area contributed by atoms with Crippen molar-refractivity contribution in [2.75, 3.05) is 24.2 Å². The van der Waals surface area contributed by atoms with Gasteiger partial charge in [0.15, 0.2) is 5.82 Å². The molecule has 0 aliphatic rings. The van der Waals surface area contributed by atoms with E-state index in [1.165, 1.54) is 0 Å². The summed E-state index contributed by atoms with van der Waals surface area (Å²) in [6.45, 7) is 11.7. The number of rotatable bonds is 6. The Morgan fingerprint density at radius 1 is 1.21 bits per heavy atom. The Hall–Kier alpha value is -1.52. The van der Waals surface area contributed by atoms with Crippen molar-refractivity contribution in [2.45, 2.75) is 52.9 Å². The molecule has 0 amide bonds. The smallest absolute Gasteiger partial charge is 0.242 e. The normalized spacial score (nSPS) is 11.4. The second kappa shape index (κ2) is 6.59. The molecule has 5 heteroatoms. The molecule has 19 heavy (non-hydrogen) atoms. The molecule has 0 bridgehead atoms. The van der Waals surface area contributed by atoms with Crippen molar-refractivity contribution >= 4 is 11.5 Å². The molecule has 1 rings (SSSR count). The monoisotopic (exact) mass is 266 g/mol. The highest BCUT2D eigenvalue weighted by Gasteiger charge is 2.22. The van der Waals surface area contributed by atoms with Gasteiger partial charge in [-0.05, 0) is 13.3 Å². The first-order chi connectivity index (χ1) is 8.90. The lowest BCUT2D eigenvalue weighted by molar-refractivity contribution is 0.296. The summed E-state index contributed by atoms with van der Waals surface area (Å²) in [4.78, 5) is 8.95.